The molecule has 102 valence electrons. The van der Waals surface area contributed by atoms with Gasteiger partial charge in [-0.25, -0.2) is 4.79 Å². The molecule has 0 spiro atoms. The van der Waals surface area contributed by atoms with Gasteiger partial charge >= 0.3 is 5.97 Å². The van der Waals surface area contributed by atoms with Gasteiger partial charge in [-0.2, -0.15) is 0 Å². The average Bonchev–Trinajstić information content (AvgIpc) is 2.45. The number of esters is 1. The highest BCUT2D eigenvalue weighted by Gasteiger charge is 2.07. The summed E-state index contributed by atoms with van der Waals surface area (Å²) in [7, 11) is 0. The Balaban J connectivity index is 2.40. The molecule has 0 fully saturated rings. The molecule has 19 heavy (non-hydrogen) atoms. The maximum absolute atomic E-state index is 11.7. The number of hydrogen-bond donors (Lipinski definition) is 0. The van der Waals surface area contributed by atoms with Crippen LogP contribution in [0.5, 0.6) is 0 Å². The number of ether oxygens (including phenoxy) is 1. The molecule has 0 heterocycles. The summed E-state index contributed by atoms with van der Waals surface area (Å²) in [6.07, 6.45) is 8.96. The molecule has 2 nitrogen and oxygen atoms in total. The van der Waals surface area contributed by atoms with Gasteiger partial charge in [-0.15, -0.1) is 0 Å². The van der Waals surface area contributed by atoms with Crippen LogP contribution < -0.4 is 0 Å². The molecule has 0 bridgehead atoms. The number of hydrogen-bond acceptors (Lipinski definition) is 2. The molecular weight excluding hydrogens is 236 g/mol. The molecule has 1 atom stereocenters. The van der Waals surface area contributed by atoms with E-state index in [1.807, 2.05) is 30.3 Å². The first-order valence-electron chi connectivity index (χ1n) is 6.82. The van der Waals surface area contributed by atoms with Crippen LogP contribution in [0.25, 0.3) is 6.08 Å². The second-order valence-corrected chi connectivity index (χ2v) is 4.45. The molecule has 0 aliphatic carbocycles. The smallest absolute Gasteiger partial charge is 0.331 e. The summed E-state index contributed by atoms with van der Waals surface area (Å²) >= 11 is 0. The third-order valence-corrected chi connectivity index (χ3v) is 2.83. The zero-order valence-electron chi connectivity index (χ0n) is 11.5. The Bertz CT molecular complexity index is 407. The Kier molecular flexibility index (Phi) is 7.33. The first-order valence-corrected chi connectivity index (χ1v) is 6.82. The topological polar surface area (TPSA) is 26.3 Å². The molecule has 0 N–H and O–H groups in total. The van der Waals surface area contributed by atoms with Crippen LogP contribution in [-0.4, -0.2) is 12.1 Å². The Hall–Kier alpha value is -1.83. The summed E-state index contributed by atoms with van der Waals surface area (Å²) in [6, 6.07) is 9.69. The zero-order chi connectivity index (χ0) is 13.9. The number of benzene rings is 1. The summed E-state index contributed by atoms with van der Waals surface area (Å²) < 4.78 is 5.32. The minimum atomic E-state index is -0.315. The van der Waals surface area contributed by atoms with Gasteiger partial charge in [0.15, 0.2) is 0 Å². The maximum atomic E-state index is 11.7. The fraction of sp³-hybridized carbons (Fsp3) is 0.353. The van der Waals surface area contributed by atoms with Crippen molar-refractivity contribution in [2.24, 2.45) is 0 Å². The van der Waals surface area contributed by atoms with Crippen molar-refractivity contribution in [1.82, 2.24) is 0 Å². The van der Waals surface area contributed by atoms with Gasteiger partial charge in [0.25, 0.3) is 0 Å². The Morgan fingerprint density at radius 3 is 2.68 bits per heavy atom. The molecule has 0 amide bonds. The molecule has 0 aliphatic rings. The van der Waals surface area contributed by atoms with Crippen LogP contribution in [0.2, 0.25) is 0 Å². The molecule has 0 aliphatic heterocycles. The lowest BCUT2D eigenvalue weighted by atomic mass is 10.1. The fourth-order valence-corrected chi connectivity index (χ4v) is 1.74. The summed E-state index contributed by atoms with van der Waals surface area (Å²) in [5, 5.41) is 0. The lowest BCUT2D eigenvalue weighted by Crippen LogP contribution is -2.14. The molecular formula is C17H22O2. The minimum absolute atomic E-state index is 0.181. The molecule has 0 saturated heterocycles. The Morgan fingerprint density at radius 2 is 2.05 bits per heavy atom. The van der Waals surface area contributed by atoms with E-state index in [9.17, 15) is 4.79 Å². The normalized spacial score (nSPS) is 12.3. The van der Waals surface area contributed by atoms with E-state index in [-0.39, 0.29) is 12.1 Å². The highest BCUT2D eigenvalue weighted by Crippen LogP contribution is 2.09. The van der Waals surface area contributed by atoms with Crippen LogP contribution in [0.4, 0.5) is 0 Å². The van der Waals surface area contributed by atoms with Crippen LogP contribution in [0, 0.1) is 0 Å². The van der Waals surface area contributed by atoms with Crippen LogP contribution in [0.1, 0.15) is 38.2 Å². The second-order valence-electron chi connectivity index (χ2n) is 4.45. The molecule has 1 aromatic carbocycles. The predicted octanol–water partition coefficient (Wildman–Crippen LogP) is 4.38. The van der Waals surface area contributed by atoms with Crippen LogP contribution in [-0.2, 0) is 9.53 Å². The van der Waals surface area contributed by atoms with Gasteiger partial charge in [0.1, 0.15) is 6.10 Å². The fourth-order valence-electron chi connectivity index (χ4n) is 1.74. The summed E-state index contributed by atoms with van der Waals surface area (Å²) in [5.74, 6) is -0.315. The van der Waals surface area contributed by atoms with Crippen molar-refractivity contribution in [3.8, 4) is 0 Å². The monoisotopic (exact) mass is 258 g/mol. The third kappa shape index (κ3) is 6.61. The van der Waals surface area contributed by atoms with Crippen molar-refractivity contribution in [3.63, 3.8) is 0 Å². The summed E-state index contributed by atoms with van der Waals surface area (Å²) in [6.45, 7) is 5.86. The van der Waals surface area contributed by atoms with Crippen molar-refractivity contribution < 1.29 is 9.53 Å². The maximum Gasteiger partial charge on any atom is 0.331 e. The van der Waals surface area contributed by atoms with Crippen molar-refractivity contribution in [3.05, 3.63) is 54.6 Å². The van der Waals surface area contributed by atoms with Crippen LogP contribution in [0.15, 0.2) is 49.1 Å². The number of rotatable bonds is 8. The highest BCUT2D eigenvalue weighted by molar-refractivity contribution is 5.87. The van der Waals surface area contributed by atoms with Gasteiger partial charge in [0, 0.05) is 6.08 Å². The number of carbonyl (C=O) groups is 1. The van der Waals surface area contributed by atoms with Gasteiger partial charge in [-0.05, 0) is 24.5 Å². The van der Waals surface area contributed by atoms with Crippen molar-refractivity contribution >= 4 is 12.0 Å². The van der Waals surface area contributed by atoms with Crippen LogP contribution in [0.3, 0.4) is 0 Å². The van der Waals surface area contributed by atoms with E-state index in [1.54, 1.807) is 12.2 Å². The van der Waals surface area contributed by atoms with E-state index in [2.05, 4.69) is 13.5 Å². The minimum Gasteiger partial charge on any atom is -0.455 e. The van der Waals surface area contributed by atoms with E-state index < -0.39 is 0 Å². The molecule has 1 aromatic rings. The van der Waals surface area contributed by atoms with Crippen LogP contribution >= 0.6 is 0 Å². The lowest BCUT2D eigenvalue weighted by Gasteiger charge is -2.12. The van der Waals surface area contributed by atoms with E-state index in [4.69, 9.17) is 4.74 Å². The molecule has 1 rings (SSSR count). The lowest BCUT2D eigenvalue weighted by molar-refractivity contribution is -0.141. The van der Waals surface area contributed by atoms with E-state index in [1.165, 1.54) is 6.08 Å². The largest absolute Gasteiger partial charge is 0.455 e. The van der Waals surface area contributed by atoms with Crippen molar-refractivity contribution in [2.45, 2.75) is 38.7 Å². The molecule has 1 unspecified atom stereocenters. The Morgan fingerprint density at radius 1 is 1.32 bits per heavy atom. The number of carbonyl (C=O) groups excluding carboxylic acids is 1. The summed E-state index contributed by atoms with van der Waals surface area (Å²) in [4.78, 5) is 11.7. The molecule has 0 radical (unpaired) electrons. The molecule has 0 aromatic heterocycles. The van der Waals surface area contributed by atoms with Gasteiger partial charge in [-0.1, -0.05) is 62.8 Å². The SMILES string of the molecule is C=CC(CCCCC)OC(=O)/C=C/c1ccccc1. The first kappa shape index (κ1) is 15.2. The van der Waals surface area contributed by atoms with E-state index >= 15 is 0 Å². The average molecular weight is 258 g/mol. The summed E-state index contributed by atoms with van der Waals surface area (Å²) in [5.41, 5.74) is 0.987. The van der Waals surface area contributed by atoms with E-state index in [0.717, 1.165) is 31.2 Å². The van der Waals surface area contributed by atoms with Gasteiger partial charge < -0.3 is 4.74 Å². The zero-order valence-corrected chi connectivity index (χ0v) is 11.5. The quantitative estimate of drug-likeness (QED) is 0.299. The van der Waals surface area contributed by atoms with E-state index in [0.29, 0.717) is 0 Å². The van der Waals surface area contributed by atoms with Gasteiger partial charge in [0.05, 0.1) is 0 Å². The second kappa shape index (κ2) is 9.15. The number of unbranched alkanes of at least 4 members (excludes halogenated alkanes) is 2. The van der Waals surface area contributed by atoms with Gasteiger partial charge in [-0.3, -0.25) is 0 Å². The first-order chi connectivity index (χ1) is 9.26. The standard InChI is InChI=1S/C17H22O2/c1-3-5-7-12-16(4-2)19-17(18)14-13-15-10-8-6-9-11-15/h4,6,8-11,13-14,16H,2-3,5,7,12H2,1H3/b14-13+. The van der Waals surface area contributed by atoms with Crippen molar-refractivity contribution in [1.29, 1.82) is 0 Å². The predicted molar refractivity (Wildman–Crippen MR) is 79.7 cm³/mol. The van der Waals surface area contributed by atoms with Crippen molar-refractivity contribution in [2.75, 3.05) is 0 Å². The Labute approximate surface area is 115 Å². The molecule has 2 heteroatoms. The highest BCUT2D eigenvalue weighted by atomic mass is 16.5. The molecule has 0 saturated carbocycles. The third-order valence-electron chi connectivity index (χ3n) is 2.83. The van der Waals surface area contributed by atoms with Gasteiger partial charge in [0.2, 0.25) is 0 Å².